The van der Waals surface area contributed by atoms with Crippen LogP contribution in [0.3, 0.4) is 0 Å². The van der Waals surface area contributed by atoms with Gasteiger partial charge >= 0.3 is 0 Å². The number of benzene rings is 3. The molecule has 6 heteroatoms. The number of para-hydroxylation sites is 1. The van der Waals surface area contributed by atoms with Crippen LogP contribution < -0.4 is 9.47 Å². The molecule has 1 atom stereocenters. The van der Waals surface area contributed by atoms with Crippen LogP contribution in [0.1, 0.15) is 41.5 Å². The SMILES string of the molecule is CCc1cccc2c(C(CC(=O)N(C)CCc3ccc(OC)c(OC)c3)c3ccc(Cl)cc3)c[nH]c12. The van der Waals surface area contributed by atoms with Crippen LogP contribution in [0.15, 0.2) is 66.9 Å². The van der Waals surface area contributed by atoms with Gasteiger partial charge in [0.2, 0.25) is 5.91 Å². The van der Waals surface area contributed by atoms with E-state index in [1.54, 1.807) is 14.2 Å². The predicted molar refractivity (Wildman–Crippen MR) is 146 cm³/mol. The highest BCUT2D eigenvalue weighted by Gasteiger charge is 2.24. The van der Waals surface area contributed by atoms with Gasteiger partial charge in [0.25, 0.3) is 0 Å². The number of rotatable bonds is 10. The van der Waals surface area contributed by atoms with Gasteiger partial charge in [0.1, 0.15) is 0 Å². The molecule has 4 aromatic rings. The van der Waals surface area contributed by atoms with Crippen molar-refractivity contribution in [2.24, 2.45) is 0 Å². The van der Waals surface area contributed by atoms with E-state index in [1.165, 1.54) is 5.56 Å². The van der Waals surface area contributed by atoms with E-state index in [-0.39, 0.29) is 11.8 Å². The topological polar surface area (TPSA) is 54.6 Å². The Kier molecular flexibility index (Phi) is 8.21. The molecule has 3 aromatic carbocycles. The van der Waals surface area contributed by atoms with Crippen molar-refractivity contribution < 1.29 is 14.3 Å². The fraction of sp³-hybridized carbons (Fsp3) is 0.300. The predicted octanol–water partition coefficient (Wildman–Crippen LogP) is 6.62. The number of nitrogens with zero attached hydrogens (tertiary/aromatic N) is 1. The minimum absolute atomic E-state index is 0.0841. The summed E-state index contributed by atoms with van der Waals surface area (Å²) in [5.41, 5.74) is 5.70. The van der Waals surface area contributed by atoms with Crippen molar-refractivity contribution in [3.05, 3.63) is 94.1 Å². The zero-order valence-corrected chi connectivity index (χ0v) is 22.1. The van der Waals surface area contributed by atoms with Crippen molar-refractivity contribution in [3.63, 3.8) is 0 Å². The molecule has 1 N–H and O–H groups in total. The molecule has 0 saturated heterocycles. The Morgan fingerprint density at radius 3 is 2.47 bits per heavy atom. The largest absolute Gasteiger partial charge is 0.493 e. The summed E-state index contributed by atoms with van der Waals surface area (Å²) in [5.74, 6) is 1.40. The van der Waals surface area contributed by atoms with Crippen LogP contribution >= 0.6 is 11.6 Å². The third-order valence-corrected chi connectivity index (χ3v) is 7.10. The monoisotopic (exact) mass is 504 g/mol. The van der Waals surface area contributed by atoms with Crippen LogP contribution in [-0.2, 0) is 17.6 Å². The number of ether oxygens (including phenoxy) is 2. The highest BCUT2D eigenvalue weighted by atomic mass is 35.5. The Morgan fingerprint density at radius 1 is 1.03 bits per heavy atom. The number of carbonyl (C=O) groups excluding carboxylic acids is 1. The molecule has 36 heavy (non-hydrogen) atoms. The lowest BCUT2D eigenvalue weighted by Crippen LogP contribution is -2.30. The van der Waals surface area contributed by atoms with Crippen LogP contribution in [0, 0.1) is 0 Å². The fourth-order valence-corrected chi connectivity index (χ4v) is 4.84. The lowest BCUT2D eigenvalue weighted by Gasteiger charge is -2.22. The van der Waals surface area contributed by atoms with Crippen LogP contribution in [0.4, 0.5) is 0 Å². The number of aromatic nitrogens is 1. The summed E-state index contributed by atoms with van der Waals surface area (Å²) in [4.78, 5) is 18.7. The number of nitrogens with one attached hydrogen (secondary N) is 1. The average Bonchev–Trinajstić information content (AvgIpc) is 3.34. The molecule has 0 radical (unpaired) electrons. The number of fused-ring (bicyclic) bond motifs is 1. The molecule has 4 rings (SSSR count). The van der Waals surface area contributed by atoms with Gasteiger partial charge in [-0.1, -0.05) is 54.9 Å². The maximum Gasteiger partial charge on any atom is 0.223 e. The summed E-state index contributed by atoms with van der Waals surface area (Å²) in [6.07, 6.45) is 4.09. The van der Waals surface area contributed by atoms with Crippen LogP contribution in [0.5, 0.6) is 11.5 Å². The van der Waals surface area contributed by atoms with Gasteiger partial charge in [0, 0.05) is 48.1 Å². The second-order valence-corrected chi connectivity index (χ2v) is 9.44. The first kappa shape index (κ1) is 25.6. The van der Waals surface area contributed by atoms with Crippen molar-refractivity contribution in [2.45, 2.75) is 32.1 Å². The molecule has 0 aliphatic rings. The molecule has 0 bridgehead atoms. The molecule has 0 aliphatic carbocycles. The van der Waals surface area contributed by atoms with Crippen LogP contribution in [-0.4, -0.2) is 43.6 Å². The standard InChI is InChI=1S/C30H33ClN2O3/c1-5-21-7-6-8-24-26(19-32-30(21)24)25(22-10-12-23(31)13-11-22)18-29(34)33(2)16-15-20-9-14-27(35-3)28(17-20)36-4/h6-14,17,19,25,32H,5,15-16,18H2,1-4H3. The molecular weight excluding hydrogens is 472 g/mol. The summed E-state index contributed by atoms with van der Waals surface area (Å²) in [6.45, 7) is 2.76. The first-order chi connectivity index (χ1) is 17.4. The van der Waals surface area contributed by atoms with Crippen molar-refractivity contribution in [1.82, 2.24) is 9.88 Å². The zero-order chi connectivity index (χ0) is 25.7. The number of aromatic amines is 1. The average molecular weight is 505 g/mol. The summed E-state index contributed by atoms with van der Waals surface area (Å²) in [5, 5.41) is 1.85. The number of hydrogen-bond acceptors (Lipinski definition) is 3. The Morgan fingerprint density at radius 2 is 1.78 bits per heavy atom. The molecule has 188 valence electrons. The normalized spacial score (nSPS) is 11.9. The molecule has 0 fully saturated rings. The highest BCUT2D eigenvalue weighted by Crippen LogP contribution is 2.35. The number of amides is 1. The Bertz CT molecular complexity index is 1330. The Balaban J connectivity index is 1.55. The van der Waals surface area contributed by atoms with Crippen molar-refractivity contribution in [3.8, 4) is 11.5 Å². The van der Waals surface area contributed by atoms with E-state index in [0.717, 1.165) is 40.4 Å². The first-order valence-electron chi connectivity index (χ1n) is 12.2. The van der Waals surface area contributed by atoms with Gasteiger partial charge < -0.3 is 19.4 Å². The number of hydrogen-bond donors (Lipinski definition) is 1. The third-order valence-electron chi connectivity index (χ3n) is 6.85. The second-order valence-electron chi connectivity index (χ2n) is 9.00. The summed E-state index contributed by atoms with van der Waals surface area (Å²) in [7, 11) is 5.12. The summed E-state index contributed by atoms with van der Waals surface area (Å²) < 4.78 is 10.7. The highest BCUT2D eigenvalue weighted by molar-refractivity contribution is 6.30. The molecule has 1 amide bonds. The van der Waals surface area contributed by atoms with E-state index in [9.17, 15) is 4.79 Å². The lowest BCUT2D eigenvalue weighted by molar-refractivity contribution is -0.130. The minimum atomic E-state index is -0.0841. The minimum Gasteiger partial charge on any atom is -0.493 e. The number of carbonyl (C=O) groups is 1. The van der Waals surface area contributed by atoms with Gasteiger partial charge in [0.15, 0.2) is 11.5 Å². The van der Waals surface area contributed by atoms with E-state index < -0.39 is 0 Å². The van der Waals surface area contributed by atoms with Gasteiger partial charge in [-0.15, -0.1) is 0 Å². The molecule has 0 saturated carbocycles. The van der Waals surface area contributed by atoms with Crippen molar-refractivity contribution in [1.29, 1.82) is 0 Å². The fourth-order valence-electron chi connectivity index (χ4n) is 4.71. The Hall–Kier alpha value is -3.44. The van der Waals surface area contributed by atoms with Gasteiger partial charge in [-0.05, 0) is 59.4 Å². The molecule has 1 unspecified atom stereocenters. The molecule has 1 heterocycles. The first-order valence-corrected chi connectivity index (χ1v) is 12.6. The molecular formula is C30H33ClN2O3. The quantitative estimate of drug-likeness (QED) is 0.264. The van der Waals surface area contributed by atoms with E-state index in [0.29, 0.717) is 29.5 Å². The third kappa shape index (κ3) is 5.52. The number of aryl methyl sites for hydroxylation is 1. The smallest absolute Gasteiger partial charge is 0.223 e. The summed E-state index contributed by atoms with van der Waals surface area (Å²) >= 11 is 6.17. The van der Waals surface area contributed by atoms with E-state index in [2.05, 4.69) is 36.3 Å². The maximum absolute atomic E-state index is 13.4. The van der Waals surface area contributed by atoms with E-state index in [1.807, 2.05) is 54.4 Å². The van der Waals surface area contributed by atoms with E-state index in [4.69, 9.17) is 21.1 Å². The number of H-pyrrole nitrogens is 1. The maximum atomic E-state index is 13.4. The van der Waals surface area contributed by atoms with Crippen LogP contribution in [0.2, 0.25) is 5.02 Å². The lowest BCUT2D eigenvalue weighted by atomic mass is 9.87. The molecule has 1 aromatic heterocycles. The van der Waals surface area contributed by atoms with Gasteiger partial charge in [0.05, 0.1) is 14.2 Å². The molecule has 5 nitrogen and oxygen atoms in total. The molecule has 0 aliphatic heterocycles. The Labute approximate surface area is 218 Å². The second kappa shape index (κ2) is 11.5. The number of methoxy groups -OCH3 is 2. The number of halogens is 1. The van der Waals surface area contributed by atoms with Gasteiger partial charge in [-0.25, -0.2) is 0 Å². The molecule has 0 spiro atoms. The van der Waals surface area contributed by atoms with E-state index >= 15 is 0 Å². The van der Waals surface area contributed by atoms with Crippen molar-refractivity contribution >= 4 is 28.4 Å². The van der Waals surface area contributed by atoms with Crippen LogP contribution in [0.25, 0.3) is 10.9 Å². The van der Waals surface area contributed by atoms with Gasteiger partial charge in [-0.3, -0.25) is 4.79 Å². The number of likely N-dealkylation sites (N-methyl/N-ethyl adjacent to an activating group) is 1. The van der Waals surface area contributed by atoms with Gasteiger partial charge in [-0.2, -0.15) is 0 Å². The zero-order valence-electron chi connectivity index (χ0n) is 21.3. The van der Waals surface area contributed by atoms with Crippen molar-refractivity contribution in [2.75, 3.05) is 27.8 Å². The summed E-state index contributed by atoms with van der Waals surface area (Å²) in [6, 6.07) is 20.1.